The van der Waals surface area contributed by atoms with Crippen molar-refractivity contribution in [2.24, 2.45) is 0 Å². The van der Waals surface area contributed by atoms with E-state index in [2.05, 4.69) is 24.1 Å². The summed E-state index contributed by atoms with van der Waals surface area (Å²) in [6.45, 7) is 8.74. The first-order valence-electron chi connectivity index (χ1n) is 6.92. The van der Waals surface area contributed by atoms with Crippen LogP contribution in [0.4, 0.5) is 0 Å². The van der Waals surface area contributed by atoms with Crippen molar-refractivity contribution in [3.8, 4) is 0 Å². The van der Waals surface area contributed by atoms with Crippen molar-refractivity contribution in [1.29, 1.82) is 0 Å². The Morgan fingerprint density at radius 2 is 1.76 bits per heavy atom. The molecule has 0 aromatic heterocycles. The summed E-state index contributed by atoms with van der Waals surface area (Å²) in [5.74, 6) is 0.312. The van der Waals surface area contributed by atoms with Crippen LogP contribution < -0.4 is 5.32 Å². The standard InChI is InChI=1S/C13H25N3O/c1-11-4-3-5-12(2)16(11)10-13(17)15-8-6-14-7-9-15/h11-12,14H,3-10H2,1-2H3/t11-,12+. The lowest BCUT2D eigenvalue weighted by atomic mass is 9.97. The number of piperidine rings is 1. The van der Waals surface area contributed by atoms with Crippen LogP contribution in [0.1, 0.15) is 33.1 Å². The molecule has 1 N–H and O–H groups in total. The predicted molar refractivity (Wildman–Crippen MR) is 68.9 cm³/mol. The molecule has 0 unspecified atom stereocenters. The Labute approximate surface area is 104 Å². The molecule has 2 rings (SSSR count). The van der Waals surface area contributed by atoms with E-state index in [1.807, 2.05) is 4.90 Å². The summed E-state index contributed by atoms with van der Waals surface area (Å²) in [4.78, 5) is 16.6. The first kappa shape index (κ1) is 12.8. The molecule has 4 heteroatoms. The van der Waals surface area contributed by atoms with Crippen molar-refractivity contribution >= 4 is 5.91 Å². The Bertz CT molecular complexity index is 253. The van der Waals surface area contributed by atoms with Crippen LogP contribution in [-0.2, 0) is 4.79 Å². The van der Waals surface area contributed by atoms with Crippen molar-refractivity contribution in [3.05, 3.63) is 0 Å². The molecular weight excluding hydrogens is 214 g/mol. The number of nitrogens with zero attached hydrogens (tertiary/aromatic N) is 2. The van der Waals surface area contributed by atoms with E-state index < -0.39 is 0 Å². The van der Waals surface area contributed by atoms with E-state index in [1.165, 1.54) is 19.3 Å². The first-order valence-corrected chi connectivity index (χ1v) is 6.92. The minimum Gasteiger partial charge on any atom is -0.339 e. The molecular formula is C13H25N3O. The molecule has 1 amide bonds. The third-order valence-electron chi connectivity index (χ3n) is 4.16. The molecule has 17 heavy (non-hydrogen) atoms. The summed E-state index contributed by atoms with van der Waals surface area (Å²) in [6.07, 6.45) is 3.78. The lowest BCUT2D eigenvalue weighted by molar-refractivity contribution is -0.134. The van der Waals surface area contributed by atoms with Crippen molar-refractivity contribution in [3.63, 3.8) is 0 Å². The summed E-state index contributed by atoms with van der Waals surface area (Å²) in [7, 11) is 0. The van der Waals surface area contributed by atoms with Gasteiger partial charge in [0.15, 0.2) is 0 Å². The fourth-order valence-electron chi connectivity index (χ4n) is 2.96. The Hall–Kier alpha value is -0.610. The van der Waals surface area contributed by atoms with E-state index in [0.29, 0.717) is 24.5 Å². The maximum Gasteiger partial charge on any atom is 0.236 e. The smallest absolute Gasteiger partial charge is 0.236 e. The van der Waals surface area contributed by atoms with Crippen LogP contribution in [0.2, 0.25) is 0 Å². The molecule has 0 aromatic carbocycles. The van der Waals surface area contributed by atoms with Crippen LogP contribution in [-0.4, -0.2) is 60.5 Å². The molecule has 2 saturated heterocycles. The Balaban J connectivity index is 1.87. The number of piperazine rings is 1. The van der Waals surface area contributed by atoms with E-state index in [-0.39, 0.29) is 0 Å². The van der Waals surface area contributed by atoms with Gasteiger partial charge in [0, 0.05) is 38.3 Å². The van der Waals surface area contributed by atoms with E-state index in [1.54, 1.807) is 0 Å². The predicted octanol–water partition coefficient (Wildman–Crippen LogP) is 0.681. The van der Waals surface area contributed by atoms with Crippen molar-refractivity contribution in [2.75, 3.05) is 32.7 Å². The number of hydrogen-bond donors (Lipinski definition) is 1. The van der Waals surface area contributed by atoms with Gasteiger partial charge in [-0.1, -0.05) is 6.42 Å². The van der Waals surface area contributed by atoms with Crippen LogP contribution in [0, 0.1) is 0 Å². The van der Waals surface area contributed by atoms with Gasteiger partial charge in [0.05, 0.1) is 6.54 Å². The van der Waals surface area contributed by atoms with Crippen molar-refractivity contribution in [1.82, 2.24) is 15.1 Å². The monoisotopic (exact) mass is 239 g/mol. The molecule has 4 nitrogen and oxygen atoms in total. The van der Waals surface area contributed by atoms with Gasteiger partial charge in [0.1, 0.15) is 0 Å². The van der Waals surface area contributed by atoms with Crippen LogP contribution in [0.25, 0.3) is 0 Å². The first-order chi connectivity index (χ1) is 8.18. The molecule has 2 fully saturated rings. The van der Waals surface area contributed by atoms with Gasteiger partial charge < -0.3 is 10.2 Å². The zero-order valence-corrected chi connectivity index (χ0v) is 11.1. The maximum absolute atomic E-state index is 12.2. The average molecular weight is 239 g/mol. The Kier molecular flexibility index (Phi) is 4.40. The number of amides is 1. The zero-order chi connectivity index (χ0) is 12.3. The van der Waals surface area contributed by atoms with E-state index in [4.69, 9.17) is 0 Å². The number of likely N-dealkylation sites (tertiary alicyclic amines) is 1. The van der Waals surface area contributed by atoms with Gasteiger partial charge in [-0.2, -0.15) is 0 Å². The van der Waals surface area contributed by atoms with Crippen LogP contribution >= 0.6 is 0 Å². The number of hydrogen-bond acceptors (Lipinski definition) is 3. The number of carbonyl (C=O) groups is 1. The van der Waals surface area contributed by atoms with Gasteiger partial charge in [-0.05, 0) is 26.7 Å². The molecule has 2 heterocycles. The summed E-state index contributed by atoms with van der Waals surface area (Å²) < 4.78 is 0. The zero-order valence-electron chi connectivity index (χ0n) is 11.1. The van der Waals surface area contributed by atoms with Gasteiger partial charge in [-0.3, -0.25) is 9.69 Å². The highest BCUT2D eigenvalue weighted by Crippen LogP contribution is 2.22. The number of carbonyl (C=O) groups excluding carboxylic acids is 1. The van der Waals surface area contributed by atoms with Crippen molar-refractivity contribution < 1.29 is 4.79 Å². The summed E-state index contributed by atoms with van der Waals surface area (Å²) >= 11 is 0. The second kappa shape index (κ2) is 5.83. The van der Waals surface area contributed by atoms with E-state index in [9.17, 15) is 4.79 Å². The normalized spacial score (nSPS) is 31.5. The quantitative estimate of drug-likeness (QED) is 0.770. The molecule has 0 bridgehead atoms. The van der Waals surface area contributed by atoms with Crippen LogP contribution in [0.5, 0.6) is 0 Å². The molecule has 0 aromatic rings. The molecule has 2 aliphatic heterocycles. The van der Waals surface area contributed by atoms with E-state index in [0.717, 1.165) is 26.2 Å². The van der Waals surface area contributed by atoms with E-state index >= 15 is 0 Å². The molecule has 2 atom stereocenters. The lowest BCUT2D eigenvalue weighted by Gasteiger charge is -2.40. The Morgan fingerprint density at radius 3 is 2.35 bits per heavy atom. The van der Waals surface area contributed by atoms with Crippen LogP contribution in [0.15, 0.2) is 0 Å². The highest BCUT2D eigenvalue weighted by molar-refractivity contribution is 5.78. The van der Waals surface area contributed by atoms with Gasteiger partial charge >= 0.3 is 0 Å². The molecule has 0 saturated carbocycles. The van der Waals surface area contributed by atoms with Crippen LogP contribution in [0.3, 0.4) is 0 Å². The fraction of sp³-hybridized carbons (Fsp3) is 0.923. The average Bonchev–Trinajstić information content (AvgIpc) is 2.35. The maximum atomic E-state index is 12.2. The highest BCUT2D eigenvalue weighted by Gasteiger charge is 2.28. The topological polar surface area (TPSA) is 35.6 Å². The van der Waals surface area contributed by atoms with Gasteiger partial charge in [0.2, 0.25) is 5.91 Å². The van der Waals surface area contributed by atoms with Gasteiger partial charge in [-0.25, -0.2) is 0 Å². The molecule has 0 aliphatic carbocycles. The number of nitrogens with one attached hydrogen (secondary N) is 1. The fourth-order valence-corrected chi connectivity index (χ4v) is 2.96. The second-order valence-electron chi connectivity index (χ2n) is 5.43. The highest BCUT2D eigenvalue weighted by atomic mass is 16.2. The third kappa shape index (κ3) is 3.19. The molecule has 98 valence electrons. The molecule has 2 aliphatic rings. The molecule has 0 spiro atoms. The minimum atomic E-state index is 0.312. The summed E-state index contributed by atoms with van der Waals surface area (Å²) in [5.41, 5.74) is 0. The third-order valence-corrected chi connectivity index (χ3v) is 4.16. The van der Waals surface area contributed by atoms with Crippen molar-refractivity contribution in [2.45, 2.75) is 45.2 Å². The Morgan fingerprint density at radius 1 is 1.18 bits per heavy atom. The largest absolute Gasteiger partial charge is 0.339 e. The van der Waals surface area contributed by atoms with Gasteiger partial charge in [0.25, 0.3) is 0 Å². The number of rotatable bonds is 2. The van der Waals surface area contributed by atoms with Gasteiger partial charge in [-0.15, -0.1) is 0 Å². The minimum absolute atomic E-state index is 0.312. The SMILES string of the molecule is C[C@@H]1CCC[C@H](C)N1CC(=O)N1CCNCC1. The second-order valence-corrected chi connectivity index (χ2v) is 5.43. The lowest BCUT2D eigenvalue weighted by Crippen LogP contribution is -2.53. The summed E-state index contributed by atoms with van der Waals surface area (Å²) in [6, 6.07) is 1.12. The molecule has 0 radical (unpaired) electrons. The summed E-state index contributed by atoms with van der Waals surface area (Å²) in [5, 5.41) is 3.28.